The molecule has 2 heterocycles. The van der Waals surface area contributed by atoms with Crippen molar-refractivity contribution in [3.8, 4) is 133 Å². The van der Waals surface area contributed by atoms with Crippen LogP contribution in [0.3, 0.4) is 0 Å². The Morgan fingerprint density at radius 2 is 0.504 bits per heavy atom. The number of nitrogens with zero attached hydrogens (tertiary/aromatic N) is 2. The van der Waals surface area contributed by atoms with Crippen LogP contribution >= 0.6 is 11.3 Å². The number of thiazole rings is 1. The first-order valence-electron chi connectivity index (χ1n) is 41.8. The summed E-state index contributed by atoms with van der Waals surface area (Å²) in [6.07, 6.45) is 0. The molecule has 4 aliphatic carbocycles. The molecule has 0 N–H and O–H groups in total. The fourth-order valence-corrected chi connectivity index (χ4v) is 21.5. The van der Waals surface area contributed by atoms with Gasteiger partial charge in [0, 0.05) is 32.8 Å². The Balaban J connectivity index is 0.000000139. The average molecular weight is 1540 g/mol. The second-order valence-corrected chi connectivity index (χ2v) is 36.7. The molecule has 0 amide bonds. The van der Waals surface area contributed by atoms with E-state index in [-0.39, 0.29) is 21.7 Å². The summed E-state index contributed by atoms with van der Waals surface area (Å²) in [6, 6.07) is 129. The zero-order chi connectivity index (χ0) is 80.1. The smallest absolute Gasteiger partial charge is 0.227 e. The minimum absolute atomic E-state index is 0.129. The van der Waals surface area contributed by atoms with Gasteiger partial charge in [-0.15, -0.1) is 11.3 Å². The molecule has 0 radical (unpaired) electrons. The van der Waals surface area contributed by atoms with E-state index in [4.69, 9.17) is 14.4 Å². The number of aryl methyl sites for hydroxylation is 1. The van der Waals surface area contributed by atoms with Crippen molar-refractivity contribution in [1.29, 1.82) is 0 Å². The van der Waals surface area contributed by atoms with Crippen molar-refractivity contribution in [2.24, 2.45) is 0 Å². The van der Waals surface area contributed by atoms with Gasteiger partial charge in [-0.05, 0) is 327 Å². The van der Waals surface area contributed by atoms with Crippen molar-refractivity contribution in [2.75, 3.05) is 0 Å². The maximum atomic E-state index is 6.17. The molecule has 0 saturated heterocycles. The van der Waals surface area contributed by atoms with E-state index in [1.165, 1.54) is 215 Å². The maximum absolute atomic E-state index is 6.17. The number of fused-ring (bicyclic) bond motifs is 18. The lowest BCUT2D eigenvalue weighted by atomic mass is 9.79. The second-order valence-electron chi connectivity index (χ2n) is 35.7. The van der Waals surface area contributed by atoms with E-state index in [0.29, 0.717) is 5.89 Å². The van der Waals surface area contributed by atoms with Crippen LogP contribution < -0.4 is 0 Å². The fraction of sp³-hybridized carbons (Fsp3) is 0.113. The van der Waals surface area contributed by atoms with Crippen LogP contribution in [0.4, 0.5) is 0 Å². The van der Waals surface area contributed by atoms with Crippen molar-refractivity contribution in [2.45, 2.75) is 84.0 Å². The highest BCUT2D eigenvalue weighted by Crippen LogP contribution is 2.57. The number of hydrogen-bond acceptors (Lipinski definition) is 4. The van der Waals surface area contributed by atoms with E-state index in [1.54, 1.807) is 11.3 Å². The van der Waals surface area contributed by atoms with Gasteiger partial charge in [0.1, 0.15) is 10.5 Å². The number of rotatable bonds is 8. The van der Waals surface area contributed by atoms with Crippen molar-refractivity contribution < 1.29 is 4.42 Å². The van der Waals surface area contributed by atoms with Crippen LogP contribution in [0, 0.1) is 6.92 Å². The third kappa shape index (κ3) is 11.3. The summed E-state index contributed by atoms with van der Waals surface area (Å²) in [5, 5.41) is 11.2. The van der Waals surface area contributed by atoms with Gasteiger partial charge in [0.15, 0.2) is 5.58 Å². The molecule has 0 unspecified atom stereocenters. The van der Waals surface area contributed by atoms with E-state index in [0.717, 1.165) is 27.2 Å². The fourth-order valence-electron chi connectivity index (χ4n) is 20.5. The van der Waals surface area contributed by atoms with Gasteiger partial charge < -0.3 is 4.42 Å². The van der Waals surface area contributed by atoms with Gasteiger partial charge >= 0.3 is 0 Å². The number of aromatic nitrogens is 2. The van der Waals surface area contributed by atoms with Gasteiger partial charge in [0.25, 0.3) is 0 Å². The molecule has 0 aliphatic heterocycles. The van der Waals surface area contributed by atoms with E-state index in [2.05, 4.69) is 384 Å². The van der Waals surface area contributed by atoms with Crippen LogP contribution in [-0.2, 0) is 21.7 Å². The van der Waals surface area contributed by atoms with Gasteiger partial charge in [0.2, 0.25) is 5.89 Å². The van der Waals surface area contributed by atoms with E-state index < -0.39 is 0 Å². The largest absolute Gasteiger partial charge is 0.436 e. The van der Waals surface area contributed by atoms with E-state index >= 15 is 0 Å². The Bertz CT molecular complexity index is 7690. The van der Waals surface area contributed by atoms with Gasteiger partial charge in [-0.2, -0.15) is 0 Å². The molecule has 4 aliphatic rings. The Labute approximate surface area is 698 Å². The molecule has 18 aromatic carbocycles. The van der Waals surface area contributed by atoms with Crippen molar-refractivity contribution in [1.82, 2.24) is 9.97 Å². The zero-order valence-electron chi connectivity index (χ0n) is 68.1. The summed E-state index contributed by atoms with van der Waals surface area (Å²) < 4.78 is 7.40. The highest BCUT2D eigenvalue weighted by molar-refractivity contribution is 7.21. The molecule has 3 nitrogen and oxygen atoms in total. The molecule has 0 fully saturated rings. The standard InChI is InChI=1S/C58H43NS.C57H41NO/c1-34-26-49-47-24-21-42(41-20-23-45-46-25-22-44(32-52(46)57(2,3)50(45)30-41)56-59-54-12-8-9-13-55(54)60-56)31-51(47)58(4,5)53(49)33-48(34)43-19-18-39-28-38(16-17-40(39)29-43)37-15-14-35-10-6-7-11-36(35)27-37;1-56(2)49-30-41(40-18-17-38-28-37(15-16-39(38)29-40)36-14-13-34-9-5-6-10-35(34)27-36)19-23-45(49)46-24-20-42(31-50(46)56)43-21-25-47-48-26-22-44(33-52(48)57(3,4)51(47)32-43)55-58-53-11-7-8-12-54(53)59-55/h6-33H,1-5H3;5-33H,1-4H3. The number of benzene rings is 18. The summed E-state index contributed by atoms with van der Waals surface area (Å²) >= 11 is 1.77. The van der Waals surface area contributed by atoms with Crippen LogP contribution in [0.25, 0.3) is 198 Å². The summed E-state index contributed by atoms with van der Waals surface area (Å²) in [7, 11) is 0. The molecule has 119 heavy (non-hydrogen) atoms. The Morgan fingerprint density at radius 1 is 0.218 bits per heavy atom. The summed E-state index contributed by atoms with van der Waals surface area (Å²) in [5.41, 5.74) is 42.4. The molecule has 24 rings (SSSR count). The summed E-state index contributed by atoms with van der Waals surface area (Å²) in [4.78, 5) is 9.78. The first kappa shape index (κ1) is 70.7. The highest BCUT2D eigenvalue weighted by Gasteiger charge is 2.41. The lowest BCUT2D eigenvalue weighted by Gasteiger charge is -2.24. The summed E-state index contributed by atoms with van der Waals surface area (Å²) in [6.45, 7) is 21.3. The maximum Gasteiger partial charge on any atom is 0.227 e. The van der Waals surface area contributed by atoms with E-state index in [1.807, 2.05) is 24.3 Å². The van der Waals surface area contributed by atoms with E-state index in [9.17, 15) is 0 Å². The first-order valence-corrected chi connectivity index (χ1v) is 42.6. The van der Waals surface area contributed by atoms with Crippen LogP contribution in [0.5, 0.6) is 0 Å². The predicted octanol–water partition coefficient (Wildman–Crippen LogP) is 31.6. The molecular weight excluding hydrogens is 1460 g/mol. The first-order chi connectivity index (χ1) is 57.8. The van der Waals surface area contributed by atoms with Crippen LogP contribution in [0.1, 0.15) is 105 Å². The molecule has 566 valence electrons. The van der Waals surface area contributed by atoms with Crippen molar-refractivity contribution in [3.63, 3.8) is 0 Å². The average Bonchev–Trinajstić information content (AvgIpc) is 1.57. The van der Waals surface area contributed by atoms with Crippen LogP contribution in [0.15, 0.2) is 350 Å². The molecule has 4 heteroatoms. The summed E-state index contributed by atoms with van der Waals surface area (Å²) in [5.74, 6) is 0.666. The minimum atomic E-state index is -0.173. The monoisotopic (exact) mass is 1540 g/mol. The number of para-hydroxylation sites is 3. The van der Waals surface area contributed by atoms with Gasteiger partial charge in [0.05, 0.1) is 10.2 Å². The zero-order valence-corrected chi connectivity index (χ0v) is 68.9. The highest BCUT2D eigenvalue weighted by atomic mass is 32.1. The van der Waals surface area contributed by atoms with Gasteiger partial charge in [-0.1, -0.05) is 286 Å². The molecule has 0 atom stereocenters. The van der Waals surface area contributed by atoms with Crippen LogP contribution in [0.2, 0.25) is 0 Å². The minimum Gasteiger partial charge on any atom is -0.436 e. The molecular formula is C115H84N2OS. The molecule has 0 spiro atoms. The number of hydrogen-bond donors (Lipinski definition) is 0. The lowest BCUT2D eigenvalue weighted by Crippen LogP contribution is -2.15. The molecule has 0 bridgehead atoms. The third-order valence-corrected chi connectivity index (χ3v) is 28.4. The number of oxazole rings is 1. The normalized spacial score (nSPS) is 14.4. The molecule has 2 aromatic heterocycles. The quantitative estimate of drug-likeness (QED) is 0.152. The Morgan fingerprint density at radius 3 is 0.916 bits per heavy atom. The third-order valence-electron chi connectivity index (χ3n) is 27.3. The second kappa shape index (κ2) is 26.2. The Kier molecular flexibility index (Phi) is 15.6. The topological polar surface area (TPSA) is 38.9 Å². The predicted molar refractivity (Wildman–Crippen MR) is 502 cm³/mol. The van der Waals surface area contributed by atoms with Gasteiger partial charge in [-0.25, -0.2) is 9.97 Å². The molecule has 20 aromatic rings. The lowest BCUT2D eigenvalue weighted by molar-refractivity contribution is 0.618. The van der Waals surface area contributed by atoms with Gasteiger partial charge in [-0.3, -0.25) is 0 Å². The van der Waals surface area contributed by atoms with Crippen molar-refractivity contribution in [3.05, 3.63) is 396 Å². The molecule has 0 saturated carbocycles. The Hall–Kier alpha value is -13.6. The van der Waals surface area contributed by atoms with Crippen LogP contribution in [-0.4, -0.2) is 9.97 Å². The SMILES string of the molecule is CC1(C)c2cc(-c3ccc4c(c3)C(C)(C)c3cc(-c5nc6ccccc6o5)ccc3-4)ccc2-c2ccc(-c3ccc4cc(-c5ccc6ccccc6c5)ccc4c3)cc21.Cc1cc2c(cc1-c1ccc3cc(-c4ccc5ccccc5c4)ccc3c1)C(C)(C)c1cc(-c3ccc4c(c3)C(C)(C)c3cc(-c5nc6ccccc6s5)ccc3-4)ccc1-2. The van der Waals surface area contributed by atoms with Crippen molar-refractivity contribution >= 4 is 75.7 Å².